The van der Waals surface area contributed by atoms with Gasteiger partial charge in [-0.3, -0.25) is 0 Å². The molecule has 0 aliphatic carbocycles. The van der Waals surface area contributed by atoms with Gasteiger partial charge in [0.25, 0.3) is 0 Å². The lowest BCUT2D eigenvalue weighted by atomic mass is 9.82. The Labute approximate surface area is 110 Å². The van der Waals surface area contributed by atoms with Gasteiger partial charge in [-0.05, 0) is 29.4 Å². The van der Waals surface area contributed by atoms with Crippen molar-refractivity contribution in [2.75, 3.05) is 5.32 Å². The predicted molar refractivity (Wildman–Crippen MR) is 77.0 cm³/mol. The highest BCUT2D eigenvalue weighted by atomic mass is 16.3. The van der Waals surface area contributed by atoms with Crippen molar-refractivity contribution in [2.45, 2.75) is 59.1 Å². The standard InChI is InChI=1S/C16H25NO/c1-5-11-7-6-8-12-9-14(18)13(17-15(11)12)10-16(2,3)4/h6-8,13-14,17-18H,5,9-10H2,1-4H3. The Balaban J connectivity index is 2.25. The molecular weight excluding hydrogens is 222 g/mol. The summed E-state index contributed by atoms with van der Waals surface area (Å²) >= 11 is 0. The third kappa shape index (κ3) is 2.86. The molecule has 1 aromatic carbocycles. The molecule has 0 saturated heterocycles. The van der Waals surface area contributed by atoms with Crippen molar-refractivity contribution in [2.24, 2.45) is 5.41 Å². The summed E-state index contributed by atoms with van der Waals surface area (Å²) in [5.41, 5.74) is 4.11. The number of fused-ring (bicyclic) bond motifs is 1. The molecule has 2 nitrogen and oxygen atoms in total. The number of hydrogen-bond donors (Lipinski definition) is 2. The fourth-order valence-electron chi connectivity index (χ4n) is 2.80. The van der Waals surface area contributed by atoms with E-state index in [1.165, 1.54) is 16.8 Å². The van der Waals surface area contributed by atoms with Gasteiger partial charge in [-0.15, -0.1) is 0 Å². The van der Waals surface area contributed by atoms with Gasteiger partial charge in [0.1, 0.15) is 0 Å². The van der Waals surface area contributed by atoms with Crippen molar-refractivity contribution in [1.29, 1.82) is 0 Å². The van der Waals surface area contributed by atoms with Gasteiger partial charge in [0, 0.05) is 12.1 Å². The van der Waals surface area contributed by atoms with Gasteiger partial charge in [-0.1, -0.05) is 45.9 Å². The Morgan fingerprint density at radius 3 is 2.67 bits per heavy atom. The van der Waals surface area contributed by atoms with Crippen LogP contribution in [0.4, 0.5) is 5.69 Å². The fourth-order valence-corrected chi connectivity index (χ4v) is 2.80. The van der Waals surface area contributed by atoms with Gasteiger partial charge in [-0.25, -0.2) is 0 Å². The minimum atomic E-state index is -0.274. The Hall–Kier alpha value is -1.02. The Kier molecular flexibility index (Phi) is 3.67. The molecule has 1 aliphatic rings. The van der Waals surface area contributed by atoms with Crippen LogP contribution in [0.1, 0.15) is 45.2 Å². The molecule has 1 aliphatic heterocycles. The number of aliphatic hydroxyl groups is 1. The maximum absolute atomic E-state index is 10.3. The molecule has 18 heavy (non-hydrogen) atoms. The summed E-state index contributed by atoms with van der Waals surface area (Å²) in [5, 5.41) is 13.9. The molecule has 0 aromatic heterocycles. The van der Waals surface area contributed by atoms with E-state index in [1.807, 2.05) is 0 Å². The van der Waals surface area contributed by atoms with Crippen molar-refractivity contribution in [3.8, 4) is 0 Å². The molecule has 2 atom stereocenters. The number of nitrogens with one attached hydrogen (secondary N) is 1. The number of anilines is 1. The highest BCUT2D eigenvalue weighted by Crippen LogP contribution is 2.33. The third-order valence-corrected chi connectivity index (χ3v) is 3.67. The van der Waals surface area contributed by atoms with Crippen molar-refractivity contribution in [3.05, 3.63) is 29.3 Å². The number of benzene rings is 1. The molecule has 0 amide bonds. The van der Waals surface area contributed by atoms with Crippen LogP contribution < -0.4 is 5.32 Å². The molecule has 1 aromatic rings. The maximum atomic E-state index is 10.3. The highest BCUT2D eigenvalue weighted by molar-refractivity contribution is 5.60. The van der Waals surface area contributed by atoms with Crippen molar-refractivity contribution in [1.82, 2.24) is 0 Å². The van der Waals surface area contributed by atoms with Crippen LogP contribution >= 0.6 is 0 Å². The molecule has 0 bridgehead atoms. The average Bonchev–Trinajstić information content (AvgIpc) is 2.27. The fraction of sp³-hybridized carbons (Fsp3) is 0.625. The second kappa shape index (κ2) is 4.93. The molecule has 100 valence electrons. The zero-order valence-corrected chi connectivity index (χ0v) is 12.0. The molecule has 2 unspecified atom stereocenters. The zero-order valence-electron chi connectivity index (χ0n) is 12.0. The van der Waals surface area contributed by atoms with E-state index in [-0.39, 0.29) is 17.6 Å². The lowest BCUT2D eigenvalue weighted by molar-refractivity contribution is 0.126. The number of para-hydroxylation sites is 1. The first-order chi connectivity index (χ1) is 8.40. The minimum Gasteiger partial charge on any atom is -0.391 e. The van der Waals surface area contributed by atoms with E-state index >= 15 is 0 Å². The summed E-state index contributed by atoms with van der Waals surface area (Å²) in [7, 11) is 0. The molecule has 2 heteroatoms. The number of hydrogen-bond acceptors (Lipinski definition) is 2. The largest absolute Gasteiger partial charge is 0.391 e. The monoisotopic (exact) mass is 247 g/mol. The van der Waals surface area contributed by atoms with Gasteiger partial charge in [0.15, 0.2) is 0 Å². The summed E-state index contributed by atoms with van der Waals surface area (Å²) in [6.45, 7) is 8.86. The maximum Gasteiger partial charge on any atom is 0.0782 e. The quantitative estimate of drug-likeness (QED) is 0.839. The van der Waals surface area contributed by atoms with E-state index in [4.69, 9.17) is 0 Å². The van der Waals surface area contributed by atoms with Crippen LogP contribution in [-0.2, 0) is 12.8 Å². The van der Waals surface area contributed by atoms with E-state index in [0.717, 1.165) is 19.3 Å². The first-order valence-corrected chi connectivity index (χ1v) is 6.96. The average molecular weight is 247 g/mol. The molecular formula is C16H25NO. The van der Waals surface area contributed by atoms with Crippen molar-refractivity contribution in [3.63, 3.8) is 0 Å². The highest BCUT2D eigenvalue weighted by Gasteiger charge is 2.30. The van der Waals surface area contributed by atoms with Crippen LogP contribution in [-0.4, -0.2) is 17.3 Å². The third-order valence-electron chi connectivity index (χ3n) is 3.67. The molecule has 2 N–H and O–H groups in total. The summed E-state index contributed by atoms with van der Waals surface area (Å²) in [5.74, 6) is 0. The molecule has 0 spiro atoms. The second-order valence-corrected chi connectivity index (χ2v) is 6.59. The van der Waals surface area contributed by atoms with Gasteiger partial charge in [0.2, 0.25) is 0 Å². The van der Waals surface area contributed by atoms with Crippen LogP contribution in [0.3, 0.4) is 0 Å². The Morgan fingerprint density at radius 1 is 1.33 bits per heavy atom. The predicted octanol–water partition coefficient (Wildman–Crippen LogP) is 3.38. The first kappa shape index (κ1) is 13.4. The lowest BCUT2D eigenvalue weighted by Gasteiger charge is -2.36. The van der Waals surface area contributed by atoms with Gasteiger partial charge < -0.3 is 10.4 Å². The molecule has 0 radical (unpaired) electrons. The second-order valence-electron chi connectivity index (χ2n) is 6.59. The number of rotatable bonds is 2. The Bertz CT molecular complexity index is 420. The van der Waals surface area contributed by atoms with Crippen LogP contribution in [0.25, 0.3) is 0 Å². The van der Waals surface area contributed by atoms with Gasteiger partial charge in [0.05, 0.1) is 12.1 Å². The van der Waals surface area contributed by atoms with E-state index in [2.05, 4.69) is 51.2 Å². The van der Waals surface area contributed by atoms with Gasteiger partial charge in [-0.2, -0.15) is 0 Å². The van der Waals surface area contributed by atoms with E-state index < -0.39 is 0 Å². The smallest absolute Gasteiger partial charge is 0.0782 e. The van der Waals surface area contributed by atoms with Crippen LogP contribution in [0, 0.1) is 5.41 Å². The SMILES string of the molecule is CCc1cccc2c1NC(CC(C)(C)C)C(O)C2. The summed E-state index contributed by atoms with van der Waals surface area (Å²) in [6, 6.07) is 6.57. The number of aliphatic hydroxyl groups excluding tert-OH is 1. The zero-order chi connectivity index (χ0) is 13.3. The first-order valence-electron chi connectivity index (χ1n) is 6.96. The topological polar surface area (TPSA) is 32.3 Å². The summed E-state index contributed by atoms with van der Waals surface area (Å²) in [6.07, 6.45) is 2.53. The normalized spacial score (nSPS) is 23.4. The molecule has 1 heterocycles. The summed E-state index contributed by atoms with van der Waals surface area (Å²) in [4.78, 5) is 0. The van der Waals surface area contributed by atoms with Crippen molar-refractivity contribution < 1.29 is 5.11 Å². The van der Waals surface area contributed by atoms with Crippen molar-refractivity contribution >= 4 is 5.69 Å². The Morgan fingerprint density at radius 2 is 2.06 bits per heavy atom. The van der Waals surface area contributed by atoms with Crippen LogP contribution in [0.2, 0.25) is 0 Å². The lowest BCUT2D eigenvalue weighted by Crippen LogP contribution is -2.42. The van der Waals surface area contributed by atoms with E-state index in [0.29, 0.717) is 0 Å². The van der Waals surface area contributed by atoms with Crippen LogP contribution in [0.5, 0.6) is 0 Å². The molecule has 0 saturated carbocycles. The summed E-state index contributed by atoms with van der Waals surface area (Å²) < 4.78 is 0. The van der Waals surface area contributed by atoms with Crippen LogP contribution in [0.15, 0.2) is 18.2 Å². The number of aryl methyl sites for hydroxylation is 1. The minimum absolute atomic E-state index is 0.171. The molecule has 2 rings (SSSR count). The van der Waals surface area contributed by atoms with E-state index in [9.17, 15) is 5.11 Å². The van der Waals surface area contributed by atoms with Gasteiger partial charge >= 0.3 is 0 Å². The molecule has 0 fully saturated rings. The van der Waals surface area contributed by atoms with E-state index in [1.54, 1.807) is 0 Å².